The number of carbonyl (C=O) groups is 4. The Morgan fingerprint density at radius 1 is 0.482 bits per heavy atom. The second kappa shape index (κ2) is 11.1. The molecule has 3 aromatic carbocycles. The minimum atomic E-state index is -6.84. The standard InChI is InChI=1S/C32H8F14N6O4/c33-27(34,29(37,38)31(41,42)43)7-51-23(53)11-1-9(3-47)15-19-17(11)13(25(51)55)5-50-22(19)16-10(4-48)2-12-18-14(6-49-21(15)20(16)18)26(56)52(24(12)54)8-28(35,36)30(39,40)32(44,45)46/h1-2,5-6H,7-8H2. The predicted octanol–water partition coefficient (Wildman–Crippen LogP) is 7.13. The first-order valence-corrected chi connectivity index (χ1v) is 14.8. The number of rotatable bonds is 6. The van der Waals surface area contributed by atoms with E-state index in [0.29, 0.717) is 24.5 Å². The maximum Gasteiger partial charge on any atom is 0.459 e. The Morgan fingerprint density at radius 2 is 0.786 bits per heavy atom. The lowest BCUT2D eigenvalue weighted by molar-refractivity contribution is -0.354. The Morgan fingerprint density at radius 3 is 1.07 bits per heavy atom. The molecule has 0 fully saturated rings. The smallest absolute Gasteiger partial charge is 0.269 e. The maximum absolute atomic E-state index is 14.5. The highest BCUT2D eigenvalue weighted by molar-refractivity contribution is 6.41. The second-order valence-electron chi connectivity index (χ2n) is 12.4. The number of halogens is 14. The number of hydrogen-bond donors (Lipinski definition) is 0. The zero-order valence-electron chi connectivity index (χ0n) is 26.3. The SMILES string of the molecule is N#Cc1cc2c3c(cnc4c5c(C#N)cc6c7c(cnc(c1c34)c75)C(=O)N(CC(F)(F)C(F)(F)C(F)(F)F)C6=O)C(=O)N(CC(F)(F)C(F)(F)C(F)(F)F)C2=O. The molecule has 2 aliphatic rings. The monoisotopic (exact) mass is 806 g/mol. The second-order valence-corrected chi connectivity index (χ2v) is 12.4. The van der Waals surface area contributed by atoms with Gasteiger partial charge in [-0.3, -0.25) is 38.9 Å². The van der Waals surface area contributed by atoms with Crippen LogP contribution < -0.4 is 0 Å². The van der Waals surface area contributed by atoms with E-state index in [2.05, 4.69) is 9.97 Å². The van der Waals surface area contributed by atoms with E-state index in [1.54, 1.807) is 12.1 Å². The van der Waals surface area contributed by atoms with Crippen LogP contribution in [0.5, 0.6) is 0 Å². The van der Waals surface area contributed by atoms with Crippen LogP contribution in [0.3, 0.4) is 0 Å². The lowest BCUT2D eigenvalue weighted by Gasteiger charge is -2.34. The Kier molecular flexibility index (Phi) is 7.48. The van der Waals surface area contributed by atoms with Crippen LogP contribution in [-0.2, 0) is 0 Å². The molecule has 0 unspecified atom stereocenters. The van der Waals surface area contributed by atoms with Crippen molar-refractivity contribution in [2.45, 2.75) is 36.0 Å². The van der Waals surface area contributed by atoms with Crippen molar-refractivity contribution in [2.24, 2.45) is 0 Å². The summed E-state index contributed by atoms with van der Waals surface area (Å²) in [6.45, 7) is -5.62. The third-order valence-corrected chi connectivity index (χ3v) is 9.27. The number of benzene rings is 3. The molecule has 10 nitrogen and oxygen atoms in total. The quantitative estimate of drug-likeness (QED) is 0.0762. The molecule has 2 aliphatic heterocycles. The van der Waals surface area contributed by atoms with Crippen LogP contribution in [0.25, 0.3) is 43.4 Å². The summed E-state index contributed by atoms with van der Waals surface area (Å²) < 4.78 is 190. The summed E-state index contributed by atoms with van der Waals surface area (Å²) in [5.41, 5.74) is -5.79. The first-order chi connectivity index (χ1) is 25.7. The third-order valence-electron chi connectivity index (χ3n) is 9.27. The number of pyridine rings is 2. The fourth-order valence-electron chi connectivity index (χ4n) is 6.69. The summed E-state index contributed by atoms with van der Waals surface area (Å²) in [5, 5.41) is 17.4. The van der Waals surface area contributed by atoms with Gasteiger partial charge in [0.15, 0.2) is 0 Å². The normalized spacial score (nSPS) is 15.9. The number of nitrogens with zero attached hydrogens (tertiary/aromatic N) is 6. The molecule has 0 saturated carbocycles. The number of carbonyl (C=O) groups excluding carboxylic acids is 4. The molecule has 24 heteroatoms. The van der Waals surface area contributed by atoms with E-state index in [-0.39, 0.29) is 0 Å². The van der Waals surface area contributed by atoms with Gasteiger partial charge in [0.25, 0.3) is 23.6 Å². The lowest BCUT2D eigenvalue weighted by Crippen LogP contribution is -2.59. The number of amides is 4. The molecule has 0 bridgehead atoms. The Bertz CT molecular complexity index is 2580. The number of aromatic nitrogens is 2. The van der Waals surface area contributed by atoms with Gasteiger partial charge >= 0.3 is 36.0 Å². The van der Waals surface area contributed by atoms with Gasteiger partial charge in [0.1, 0.15) is 0 Å². The van der Waals surface area contributed by atoms with Gasteiger partial charge in [-0.25, -0.2) is 0 Å². The topological polar surface area (TPSA) is 148 Å². The van der Waals surface area contributed by atoms with Crippen molar-refractivity contribution in [1.82, 2.24) is 19.8 Å². The van der Waals surface area contributed by atoms with Crippen molar-refractivity contribution in [2.75, 3.05) is 13.1 Å². The minimum Gasteiger partial charge on any atom is -0.269 e. The molecule has 2 aromatic heterocycles. The van der Waals surface area contributed by atoms with Gasteiger partial charge in [-0.1, -0.05) is 0 Å². The van der Waals surface area contributed by atoms with Crippen LogP contribution >= 0.6 is 0 Å². The zero-order chi connectivity index (χ0) is 41.6. The van der Waals surface area contributed by atoms with Crippen LogP contribution in [0.2, 0.25) is 0 Å². The molecule has 0 spiro atoms. The largest absolute Gasteiger partial charge is 0.459 e. The average Bonchev–Trinajstić information content (AvgIpc) is 3.10. The minimum absolute atomic E-state index is 0.419. The van der Waals surface area contributed by atoms with Crippen LogP contribution in [0.15, 0.2) is 24.5 Å². The average molecular weight is 806 g/mol. The summed E-state index contributed by atoms with van der Waals surface area (Å²) in [7, 11) is 0. The van der Waals surface area contributed by atoms with Crippen LogP contribution in [0.1, 0.15) is 52.6 Å². The maximum atomic E-state index is 14.5. The van der Waals surface area contributed by atoms with E-state index in [9.17, 15) is 91.2 Å². The Hall–Kier alpha value is -6.46. The Labute approximate surface area is 297 Å². The van der Waals surface area contributed by atoms with Crippen molar-refractivity contribution >= 4 is 67.0 Å². The van der Waals surface area contributed by atoms with Gasteiger partial charge < -0.3 is 0 Å². The Balaban J connectivity index is 1.48. The van der Waals surface area contributed by atoms with Crippen molar-refractivity contribution < 1.29 is 80.6 Å². The molecular formula is C32H8F14N6O4. The van der Waals surface area contributed by atoms with Gasteiger partial charge in [0, 0.05) is 44.7 Å². The van der Waals surface area contributed by atoms with E-state index >= 15 is 0 Å². The first kappa shape index (κ1) is 37.8. The van der Waals surface area contributed by atoms with Gasteiger partial charge in [-0.05, 0) is 12.1 Å². The molecule has 7 rings (SSSR count). The number of alkyl halides is 14. The van der Waals surface area contributed by atoms with Gasteiger partial charge in [-0.15, -0.1) is 0 Å². The van der Waals surface area contributed by atoms with Gasteiger partial charge in [0.05, 0.1) is 69.6 Å². The molecule has 4 heterocycles. The third kappa shape index (κ3) is 4.60. The fraction of sp³-hybridized carbons (Fsp3) is 0.250. The summed E-state index contributed by atoms with van der Waals surface area (Å²) >= 11 is 0. The number of imide groups is 2. The molecule has 0 saturated heterocycles. The molecule has 56 heavy (non-hydrogen) atoms. The van der Waals surface area contributed by atoms with Crippen molar-refractivity contribution in [1.29, 1.82) is 10.5 Å². The number of hydrogen-bond acceptors (Lipinski definition) is 8. The molecule has 288 valence electrons. The summed E-state index contributed by atoms with van der Waals surface area (Å²) in [5.74, 6) is -33.2. The van der Waals surface area contributed by atoms with E-state index in [4.69, 9.17) is 0 Å². The molecule has 4 amide bonds. The molecule has 0 atom stereocenters. The summed E-state index contributed by atoms with van der Waals surface area (Å²) in [6, 6.07) is 4.42. The number of nitriles is 2. The van der Waals surface area contributed by atoms with Gasteiger partial charge in [0.2, 0.25) is 0 Å². The molecular weight excluding hydrogens is 798 g/mol. The van der Waals surface area contributed by atoms with Crippen molar-refractivity contribution in [3.63, 3.8) is 0 Å². The molecule has 0 aliphatic carbocycles. The predicted molar refractivity (Wildman–Crippen MR) is 155 cm³/mol. The summed E-state index contributed by atoms with van der Waals surface area (Å²) in [4.78, 5) is 60.5. The number of fused-ring (bicyclic) bond motifs is 2. The first-order valence-electron chi connectivity index (χ1n) is 14.8. The highest BCUT2D eigenvalue weighted by Crippen LogP contribution is 2.51. The van der Waals surface area contributed by atoms with Gasteiger partial charge in [-0.2, -0.15) is 72.0 Å². The zero-order valence-corrected chi connectivity index (χ0v) is 26.3. The highest BCUT2D eigenvalue weighted by atomic mass is 19.4. The molecule has 5 aromatic rings. The van der Waals surface area contributed by atoms with Crippen LogP contribution in [-0.4, -0.2) is 92.5 Å². The highest BCUT2D eigenvalue weighted by Gasteiger charge is 2.74. The van der Waals surface area contributed by atoms with E-state index in [1.807, 2.05) is 0 Å². The van der Waals surface area contributed by atoms with E-state index in [1.165, 1.54) is 0 Å². The fourth-order valence-corrected chi connectivity index (χ4v) is 6.69. The van der Waals surface area contributed by atoms with E-state index in [0.717, 1.165) is 0 Å². The lowest BCUT2D eigenvalue weighted by atomic mass is 9.83. The van der Waals surface area contributed by atoms with Crippen LogP contribution in [0.4, 0.5) is 61.5 Å². The van der Waals surface area contributed by atoms with E-state index < -0.39 is 159 Å². The van der Waals surface area contributed by atoms with Crippen molar-refractivity contribution in [3.8, 4) is 12.1 Å². The molecule has 0 N–H and O–H groups in total. The van der Waals surface area contributed by atoms with Crippen LogP contribution in [0, 0.1) is 22.7 Å². The van der Waals surface area contributed by atoms with Crippen molar-refractivity contribution in [3.05, 3.63) is 57.9 Å². The summed E-state index contributed by atoms with van der Waals surface area (Å²) in [6.07, 6.45) is -12.6. The molecule has 0 radical (unpaired) electrons.